The molecule has 0 fully saturated rings. The molecule has 0 radical (unpaired) electrons. The number of benzene rings is 1. The second kappa shape index (κ2) is 6.02. The smallest absolute Gasteiger partial charge is 0.0975 e. The molecule has 0 amide bonds. The third-order valence-electron chi connectivity index (χ3n) is 3.69. The van der Waals surface area contributed by atoms with Crippen LogP contribution < -0.4 is 5.32 Å². The average molecular weight is 327 g/mol. The highest BCUT2D eigenvalue weighted by Crippen LogP contribution is 2.34. The van der Waals surface area contributed by atoms with Crippen LogP contribution in [-0.4, -0.2) is 12.0 Å². The summed E-state index contributed by atoms with van der Waals surface area (Å²) in [6, 6.07) is 6.21. The number of aryl methyl sites for hydroxylation is 1. The maximum absolute atomic E-state index is 6.07. The number of fused-ring (bicyclic) bond motifs is 1. The van der Waals surface area contributed by atoms with Gasteiger partial charge in [0.15, 0.2) is 0 Å². The van der Waals surface area contributed by atoms with Crippen molar-refractivity contribution in [2.24, 2.45) is 0 Å². The van der Waals surface area contributed by atoms with E-state index in [4.69, 9.17) is 28.2 Å². The number of nitrogens with one attached hydrogen (secondary N) is 1. The molecule has 2 aromatic rings. The molecule has 1 aromatic heterocycles. The van der Waals surface area contributed by atoms with Crippen molar-refractivity contribution >= 4 is 34.5 Å². The van der Waals surface area contributed by atoms with Crippen LogP contribution in [-0.2, 0) is 12.8 Å². The van der Waals surface area contributed by atoms with Crippen molar-refractivity contribution in [2.75, 3.05) is 7.05 Å². The Labute approximate surface area is 133 Å². The lowest BCUT2D eigenvalue weighted by molar-refractivity contribution is 0.489. The molecule has 1 aliphatic rings. The fraction of sp³-hybridized carbons (Fsp3) is 0.400. The molecule has 1 heterocycles. The van der Waals surface area contributed by atoms with Crippen molar-refractivity contribution < 1.29 is 0 Å². The molecule has 5 heteroatoms. The van der Waals surface area contributed by atoms with Crippen LogP contribution >= 0.6 is 34.5 Å². The zero-order valence-corrected chi connectivity index (χ0v) is 13.6. The summed E-state index contributed by atoms with van der Waals surface area (Å²) in [5.74, 6) is 0. The Morgan fingerprint density at radius 3 is 2.95 bits per heavy atom. The molecule has 3 rings (SSSR count). The summed E-state index contributed by atoms with van der Waals surface area (Å²) < 4.78 is 0. The summed E-state index contributed by atoms with van der Waals surface area (Å²) in [4.78, 5) is 6.27. The first kappa shape index (κ1) is 14.3. The Kier molecular flexibility index (Phi) is 4.32. The zero-order chi connectivity index (χ0) is 14.1. The van der Waals surface area contributed by atoms with E-state index >= 15 is 0 Å². The van der Waals surface area contributed by atoms with Gasteiger partial charge in [-0.05, 0) is 44.0 Å². The third kappa shape index (κ3) is 2.86. The number of hydrogen-bond donors (Lipinski definition) is 1. The minimum atomic E-state index is 0.414. The number of hydrogen-bond acceptors (Lipinski definition) is 3. The molecule has 0 bridgehead atoms. The van der Waals surface area contributed by atoms with Gasteiger partial charge in [0.25, 0.3) is 0 Å². The Bertz CT molecular complexity index is 624. The quantitative estimate of drug-likeness (QED) is 0.888. The van der Waals surface area contributed by atoms with Crippen LogP contribution in [0.5, 0.6) is 0 Å². The average Bonchev–Trinajstić information content (AvgIpc) is 2.85. The van der Waals surface area contributed by atoms with E-state index in [9.17, 15) is 0 Å². The van der Waals surface area contributed by atoms with Crippen molar-refractivity contribution in [1.29, 1.82) is 0 Å². The molecular formula is C15H16Cl2N2S. The van der Waals surface area contributed by atoms with Gasteiger partial charge in [0.2, 0.25) is 0 Å². The van der Waals surface area contributed by atoms with E-state index in [2.05, 4.69) is 5.32 Å². The molecular weight excluding hydrogens is 311 g/mol. The van der Waals surface area contributed by atoms with Crippen LogP contribution in [0.15, 0.2) is 18.2 Å². The summed E-state index contributed by atoms with van der Waals surface area (Å²) in [6.45, 7) is 0. The van der Waals surface area contributed by atoms with Gasteiger partial charge in [-0.15, -0.1) is 11.3 Å². The summed E-state index contributed by atoms with van der Waals surface area (Å²) >= 11 is 13.9. The van der Waals surface area contributed by atoms with Crippen molar-refractivity contribution in [3.8, 4) is 0 Å². The molecule has 0 saturated carbocycles. The van der Waals surface area contributed by atoms with Gasteiger partial charge in [0.1, 0.15) is 0 Å². The number of rotatable bonds is 3. The number of thiazole rings is 1. The van der Waals surface area contributed by atoms with Gasteiger partial charge in [-0.1, -0.05) is 29.3 Å². The van der Waals surface area contributed by atoms with Gasteiger partial charge in [-0.25, -0.2) is 4.98 Å². The molecule has 1 aliphatic carbocycles. The van der Waals surface area contributed by atoms with Crippen LogP contribution in [0.3, 0.4) is 0 Å². The van der Waals surface area contributed by atoms with Crippen molar-refractivity contribution in [1.82, 2.24) is 10.3 Å². The van der Waals surface area contributed by atoms with Crippen LogP contribution in [0.1, 0.15) is 40.0 Å². The number of aromatic nitrogens is 1. The molecule has 0 saturated heterocycles. The second-order valence-electron chi connectivity index (χ2n) is 5.07. The monoisotopic (exact) mass is 326 g/mol. The Balaban J connectivity index is 1.84. The highest BCUT2D eigenvalue weighted by Gasteiger charge is 2.23. The van der Waals surface area contributed by atoms with E-state index in [0.29, 0.717) is 16.1 Å². The summed E-state index contributed by atoms with van der Waals surface area (Å²) in [5.41, 5.74) is 2.41. The van der Waals surface area contributed by atoms with Crippen LogP contribution in [0.2, 0.25) is 10.0 Å². The molecule has 20 heavy (non-hydrogen) atoms. The van der Waals surface area contributed by atoms with Gasteiger partial charge in [0.05, 0.1) is 26.8 Å². The van der Waals surface area contributed by atoms with Gasteiger partial charge in [-0.2, -0.15) is 0 Å². The van der Waals surface area contributed by atoms with Crippen LogP contribution in [0.4, 0.5) is 0 Å². The maximum atomic E-state index is 6.07. The SMILES string of the molecule is CNC1CCCc2sc(Cc3ccc(Cl)c(Cl)c3)nc21. The van der Waals surface area contributed by atoms with Gasteiger partial charge < -0.3 is 5.32 Å². The summed E-state index contributed by atoms with van der Waals surface area (Å²) in [7, 11) is 2.01. The summed E-state index contributed by atoms with van der Waals surface area (Å²) in [5, 5.41) is 5.73. The fourth-order valence-corrected chi connectivity index (χ4v) is 4.18. The first-order valence-corrected chi connectivity index (χ1v) is 8.34. The molecule has 2 nitrogen and oxygen atoms in total. The lowest BCUT2D eigenvalue weighted by Gasteiger charge is -2.19. The van der Waals surface area contributed by atoms with Crippen LogP contribution in [0.25, 0.3) is 0 Å². The van der Waals surface area contributed by atoms with E-state index in [0.717, 1.165) is 23.4 Å². The minimum absolute atomic E-state index is 0.414. The standard InChI is InChI=1S/C15H16Cl2N2S/c1-18-12-3-2-4-13-15(12)19-14(20-13)8-9-5-6-10(16)11(17)7-9/h5-7,12,18H,2-4,8H2,1H3. The lowest BCUT2D eigenvalue weighted by atomic mass is 9.98. The number of halogens is 2. The Hall–Kier alpha value is -0.610. The molecule has 0 spiro atoms. The van der Waals surface area contributed by atoms with E-state index in [1.165, 1.54) is 23.4 Å². The Morgan fingerprint density at radius 2 is 2.20 bits per heavy atom. The predicted molar refractivity (Wildman–Crippen MR) is 86.1 cm³/mol. The van der Waals surface area contributed by atoms with Crippen molar-refractivity contribution in [2.45, 2.75) is 31.7 Å². The molecule has 1 aromatic carbocycles. The van der Waals surface area contributed by atoms with E-state index in [1.54, 1.807) is 0 Å². The predicted octanol–water partition coefficient (Wildman–Crippen LogP) is 4.64. The molecule has 1 N–H and O–H groups in total. The molecule has 1 atom stereocenters. The van der Waals surface area contributed by atoms with Crippen LogP contribution in [0, 0.1) is 0 Å². The van der Waals surface area contributed by atoms with Crippen molar-refractivity contribution in [3.63, 3.8) is 0 Å². The van der Waals surface area contributed by atoms with Gasteiger partial charge in [0, 0.05) is 11.3 Å². The Morgan fingerprint density at radius 1 is 1.35 bits per heavy atom. The second-order valence-corrected chi connectivity index (χ2v) is 7.06. The van der Waals surface area contributed by atoms with Gasteiger partial charge >= 0.3 is 0 Å². The first-order valence-electron chi connectivity index (χ1n) is 6.77. The fourth-order valence-electron chi connectivity index (χ4n) is 2.65. The summed E-state index contributed by atoms with van der Waals surface area (Å²) in [6.07, 6.45) is 4.41. The van der Waals surface area contributed by atoms with E-state index < -0.39 is 0 Å². The van der Waals surface area contributed by atoms with E-state index in [1.807, 2.05) is 36.6 Å². The highest BCUT2D eigenvalue weighted by molar-refractivity contribution is 7.11. The minimum Gasteiger partial charge on any atom is -0.312 e. The molecule has 106 valence electrons. The lowest BCUT2D eigenvalue weighted by Crippen LogP contribution is -2.21. The zero-order valence-electron chi connectivity index (χ0n) is 11.2. The normalized spacial score (nSPS) is 18.1. The maximum Gasteiger partial charge on any atom is 0.0975 e. The molecule has 1 unspecified atom stereocenters. The largest absolute Gasteiger partial charge is 0.312 e. The number of nitrogens with zero attached hydrogens (tertiary/aromatic N) is 1. The molecule has 0 aliphatic heterocycles. The van der Waals surface area contributed by atoms with E-state index in [-0.39, 0.29) is 0 Å². The topological polar surface area (TPSA) is 24.9 Å². The highest BCUT2D eigenvalue weighted by atomic mass is 35.5. The van der Waals surface area contributed by atoms with Crippen molar-refractivity contribution in [3.05, 3.63) is 49.4 Å². The third-order valence-corrected chi connectivity index (χ3v) is 5.56. The van der Waals surface area contributed by atoms with Gasteiger partial charge in [-0.3, -0.25) is 0 Å². The first-order chi connectivity index (χ1) is 9.67.